The second-order valence-electron chi connectivity index (χ2n) is 13.8. The molecule has 0 aliphatic carbocycles. The van der Waals surface area contributed by atoms with E-state index in [1.165, 1.54) is 26.4 Å². The minimum atomic E-state index is -0.590. The van der Waals surface area contributed by atoms with E-state index in [4.69, 9.17) is 18.9 Å². The Morgan fingerprint density at radius 2 is 0.904 bits per heavy atom. The monoisotopic (exact) mass is 708 g/mol. The van der Waals surface area contributed by atoms with Gasteiger partial charge in [0.15, 0.2) is 11.6 Å². The van der Waals surface area contributed by atoms with Crippen molar-refractivity contribution in [1.29, 1.82) is 0 Å². The van der Waals surface area contributed by atoms with Crippen molar-refractivity contribution in [3.63, 3.8) is 0 Å². The Balaban J connectivity index is 1.30. The molecular formula is C42H48N2O8. The Kier molecular flexibility index (Phi) is 13.9. The minimum Gasteiger partial charge on any atom is -0.488 e. The first-order chi connectivity index (χ1) is 24.8. The van der Waals surface area contributed by atoms with Crippen LogP contribution in [0.15, 0.2) is 97.1 Å². The third-order valence-electron chi connectivity index (χ3n) is 8.72. The Labute approximate surface area is 305 Å². The Bertz CT molecular complexity index is 1700. The predicted octanol–water partition coefficient (Wildman–Crippen LogP) is 7.00. The van der Waals surface area contributed by atoms with Crippen molar-refractivity contribution in [2.24, 2.45) is 0 Å². The summed E-state index contributed by atoms with van der Waals surface area (Å²) in [5, 5.41) is 6.69. The molecule has 52 heavy (non-hydrogen) atoms. The summed E-state index contributed by atoms with van der Waals surface area (Å²) < 4.78 is 21.7. The summed E-state index contributed by atoms with van der Waals surface area (Å²) in [5.74, 6) is -0.872. The number of Topliss-reactive ketones (excluding diaryl/α,β-unsaturated/α-hetero) is 2. The number of carbonyl (C=O) groups excluding carboxylic acids is 4. The van der Waals surface area contributed by atoms with Gasteiger partial charge in [0, 0.05) is 22.2 Å². The molecule has 0 unspecified atom stereocenters. The van der Waals surface area contributed by atoms with E-state index in [0.29, 0.717) is 35.5 Å². The molecule has 0 radical (unpaired) electrons. The van der Waals surface area contributed by atoms with E-state index in [1.807, 2.05) is 88.4 Å². The lowest BCUT2D eigenvalue weighted by Crippen LogP contribution is -2.47. The summed E-state index contributed by atoms with van der Waals surface area (Å²) in [7, 11) is 2.58. The van der Waals surface area contributed by atoms with Crippen LogP contribution < -0.4 is 20.1 Å². The molecule has 0 fully saturated rings. The number of esters is 2. The van der Waals surface area contributed by atoms with Gasteiger partial charge in [0.25, 0.3) is 0 Å². The highest BCUT2D eigenvalue weighted by atomic mass is 16.5. The lowest BCUT2D eigenvalue weighted by atomic mass is 9.89. The van der Waals surface area contributed by atoms with Gasteiger partial charge in [-0.05, 0) is 88.1 Å². The molecule has 0 saturated carbocycles. The number of ether oxygens (including phenoxy) is 4. The maximum Gasteiger partial charge on any atom is 0.341 e. The van der Waals surface area contributed by atoms with E-state index in [-0.39, 0.29) is 49.0 Å². The summed E-state index contributed by atoms with van der Waals surface area (Å²) in [4.78, 5) is 51.5. The average Bonchev–Trinajstić information content (AvgIpc) is 3.16. The first-order valence-corrected chi connectivity index (χ1v) is 17.2. The van der Waals surface area contributed by atoms with E-state index >= 15 is 0 Å². The van der Waals surface area contributed by atoms with Crippen LogP contribution in [0.5, 0.6) is 11.5 Å². The number of hydrogen-bond acceptors (Lipinski definition) is 10. The van der Waals surface area contributed by atoms with Crippen LogP contribution in [-0.4, -0.2) is 61.9 Å². The molecule has 2 N–H and O–H groups in total. The van der Waals surface area contributed by atoms with Gasteiger partial charge < -0.3 is 29.6 Å². The van der Waals surface area contributed by atoms with Gasteiger partial charge in [-0.1, -0.05) is 60.7 Å². The second-order valence-corrected chi connectivity index (χ2v) is 13.8. The van der Waals surface area contributed by atoms with Crippen LogP contribution in [0.1, 0.15) is 93.1 Å². The molecule has 0 amide bonds. The SMILES string of the molecule is COC(=O)c1cc(C(=O)CNC(C)(C)CCC(C)(C)NCC(=O)c2ccc(OCc3ccccc3)c(C(=O)OC)c2)ccc1OCc1ccccc1. The molecule has 0 aliphatic rings. The van der Waals surface area contributed by atoms with E-state index < -0.39 is 23.0 Å². The zero-order valence-electron chi connectivity index (χ0n) is 30.7. The average molecular weight is 709 g/mol. The second kappa shape index (κ2) is 18.3. The van der Waals surface area contributed by atoms with E-state index in [0.717, 1.165) is 11.1 Å². The topological polar surface area (TPSA) is 129 Å². The maximum atomic E-state index is 13.2. The van der Waals surface area contributed by atoms with Crippen LogP contribution in [0.3, 0.4) is 0 Å². The van der Waals surface area contributed by atoms with Gasteiger partial charge in [0.1, 0.15) is 35.8 Å². The lowest BCUT2D eigenvalue weighted by Gasteiger charge is -2.32. The van der Waals surface area contributed by atoms with Crippen LogP contribution in [0.2, 0.25) is 0 Å². The highest BCUT2D eigenvalue weighted by Gasteiger charge is 2.26. The largest absolute Gasteiger partial charge is 0.488 e. The number of hydrogen-bond donors (Lipinski definition) is 2. The summed E-state index contributed by atoms with van der Waals surface area (Å²) in [6.07, 6.45) is 1.38. The van der Waals surface area contributed by atoms with E-state index in [9.17, 15) is 19.2 Å². The van der Waals surface area contributed by atoms with Crippen LogP contribution in [0.25, 0.3) is 0 Å². The predicted molar refractivity (Wildman–Crippen MR) is 199 cm³/mol. The number of rotatable bonds is 19. The Morgan fingerprint density at radius 1 is 0.538 bits per heavy atom. The summed E-state index contributed by atoms with van der Waals surface area (Å²) in [5.41, 5.74) is 2.13. The Morgan fingerprint density at radius 3 is 1.25 bits per heavy atom. The van der Waals surface area contributed by atoms with Crippen LogP contribution >= 0.6 is 0 Å². The third-order valence-corrected chi connectivity index (χ3v) is 8.72. The van der Waals surface area contributed by atoms with E-state index in [2.05, 4.69) is 10.6 Å². The fraction of sp³-hybridized carbons (Fsp3) is 0.333. The summed E-state index contributed by atoms with van der Waals surface area (Å²) in [6, 6.07) is 28.7. The quantitative estimate of drug-likeness (QED) is 0.0776. The highest BCUT2D eigenvalue weighted by molar-refractivity contribution is 6.02. The molecule has 10 nitrogen and oxygen atoms in total. The maximum absolute atomic E-state index is 13.2. The number of nitrogens with one attached hydrogen (secondary N) is 2. The minimum absolute atomic E-state index is 0.0533. The molecule has 0 bridgehead atoms. The number of methoxy groups -OCH3 is 2. The van der Waals surface area contributed by atoms with Gasteiger partial charge in [0.05, 0.1) is 27.3 Å². The van der Waals surface area contributed by atoms with Crippen molar-refractivity contribution in [2.75, 3.05) is 27.3 Å². The highest BCUT2D eigenvalue weighted by Crippen LogP contribution is 2.25. The van der Waals surface area contributed by atoms with Gasteiger partial charge in [-0.2, -0.15) is 0 Å². The number of ketones is 2. The van der Waals surface area contributed by atoms with Gasteiger partial charge in [-0.15, -0.1) is 0 Å². The molecule has 4 aromatic carbocycles. The molecule has 0 spiro atoms. The van der Waals surface area contributed by atoms with Gasteiger partial charge in [-0.3, -0.25) is 9.59 Å². The molecule has 0 heterocycles. The smallest absolute Gasteiger partial charge is 0.341 e. The van der Waals surface area contributed by atoms with Crippen LogP contribution in [0.4, 0.5) is 0 Å². The third kappa shape index (κ3) is 11.6. The zero-order valence-corrected chi connectivity index (χ0v) is 30.7. The molecule has 0 atom stereocenters. The number of benzene rings is 4. The Hall–Kier alpha value is -5.32. The van der Waals surface area contributed by atoms with Crippen molar-refractivity contribution in [1.82, 2.24) is 10.6 Å². The van der Waals surface area contributed by atoms with Gasteiger partial charge >= 0.3 is 11.9 Å². The van der Waals surface area contributed by atoms with Crippen molar-refractivity contribution < 1.29 is 38.1 Å². The zero-order chi connectivity index (χ0) is 37.7. The van der Waals surface area contributed by atoms with Crippen LogP contribution in [-0.2, 0) is 22.7 Å². The lowest BCUT2D eigenvalue weighted by molar-refractivity contribution is 0.0586. The van der Waals surface area contributed by atoms with Crippen molar-refractivity contribution >= 4 is 23.5 Å². The fourth-order valence-corrected chi connectivity index (χ4v) is 5.31. The summed E-state index contributed by atoms with van der Waals surface area (Å²) >= 11 is 0. The van der Waals surface area contributed by atoms with Crippen molar-refractivity contribution in [3.8, 4) is 11.5 Å². The summed E-state index contributed by atoms with van der Waals surface area (Å²) in [6.45, 7) is 8.68. The van der Waals surface area contributed by atoms with Crippen LogP contribution in [0, 0.1) is 0 Å². The van der Waals surface area contributed by atoms with Gasteiger partial charge in [0.2, 0.25) is 0 Å². The first-order valence-electron chi connectivity index (χ1n) is 17.2. The molecule has 0 saturated heterocycles. The van der Waals surface area contributed by atoms with Crippen molar-refractivity contribution in [3.05, 3.63) is 130 Å². The molecule has 4 aromatic rings. The molecule has 4 rings (SSSR count). The van der Waals surface area contributed by atoms with Crippen molar-refractivity contribution in [2.45, 2.75) is 64.8 Å². The molecule has 10 heteroatoms. The standard InChI is InChI=1S/C42H48N2O8/c1-41(2,43-25-35(45)31-17-19-37(33(23-31)39(47)49-5)51-27-29-13-9-7-10-14-29)21-22-42(3,4)44-26-36(46)32-18-20-38(34(24-32)40(48)50-6)52-28-30-15-11-8-12-16-30/h7-20,23-24,43-44H,21-22,25-28H2,1-6H3. The van der Waals surface area contributed by atoms with E-state index in [1.54, 1.807) is 24.3 Å². The molecular weight excluding hydrogens is 660 g/mol. The molecule has 274 valence electrons. The fourth-order valence-electron chi connectivity index (χ4n) is 5.31. The van der Waals surface area contributed by atoms with Gasteiger partial charge in [-0.25, -0.2) is 9.59 Å². The number of carbonyl (C=O) groups is 4. The first kappa shape index (κ1) is 39.5. The molecule has 0 aliphatic heterocycles. The molecule has 0 aromatic heterocycles. The normalized spacial score (nSPS) is 11.4.